The van der Waals surface area contributed by atoms with Gasteiger partial charge < -0.3 is 10.2 Å². The zero-order chi connectivity index (χ0) is 20.4. The zero-order valence-corrected chi connectivity index (χ0v) is 16.1. The lowest BCUT2D eigenvalue weighted by molar-refractivity contribution is -0.135. The molecule has 9 nitrogen and oxygen atoms in total. The Morgan fingerprint density at radius 2 is 2.03 bits per heavy atom. The molecule has 2 amide bonds. The summed E-state index contributed by atoms with van der Waals surface area (Å²) in [7, 11) is 1.71. The number of aryl methyl sites for hydroxylation is 1. The van der Waals surface area contributed by atoms with E-state index in [1.54, 1.807) is 11.9 Å². The molecule has 0 unspecified atom stereocenters. The van der Waals surface area contributed by atoms with Gasteiger partial charge in [-0.3, -0.25) is 23.6 Å². The molecule has 1 N–H and O–H groups in total. The molecule has 1 saturated heterocycles. The van der Waals surface area contributed by atoms with Crippen molar-refractivity contribution in [2.24, 2.45) is 13.0 Å². The number of nitrogens with zero attached hydrogens (tertiary/aromatic N) is 5. The monoisotopic (exact) mass is 394 g/mol. The van der Waals surface area contributed by atoms with Crippen molar-refractivity contribution in [3.8, 4) is 0 Å². The average molecular weight is 394 g/mol. The van der Waals surface area contributed by atoms with E-state index in [1.807, 2.05) is 30.3 Å². The van der Waals surface area contributed by atoms with Crippen LogP contribution in [0.2, 0.25) is 0 Å². The maximum atomic E-state index is 12.8. The molecule has 3 heterocycles. The fraction of sp³-hybridized carbons (Fsp3) is 0.350. The third-order valence-corrected chi connectivity index (χ3v) is 5.21. The first-order valence-electron chi connectivity index (χ1n) is 9.54. The van der Waals surface area contributed by atoms with Gasteiger partial charge in [0.05, 0.1) is 12.1 Å². The molecule has 1 aliphatic heterocycles. The van der Waals surface area contributed by atoms with E-state index in [2.05, 4.69) is 15.4 Å². The minimum Gasteiger partial charge on any atom is -0.340 e. The molecular weight excluding hydrogens is 372 g/mol. The first kappa shape index (κ1) is 18.9. The lowest BCUT2D eigenvalue weighted by Crippen LogP contribution is -2.45. The second-order valence-electron chi connectivity index (χ2n) is 7.22. The van der Waals surface area contributed by atoms with Crippen molar-refractivity contribution in [3.63, 3.8) is 0 Å². The van der Waals surface area contributed by atoms with E-state index in [9.17, 15) is 14.4 Å². The Bertz CT molecular complexity index is 1100. The SMILES string of the molecule is Cn1ncc2c(=O)n(CC(=O)N3CCC[C@@H](C(=O)Nc4ccccc4)C3)cnc21. The van der Waals surface area contributed by atoms with Crippen LogP contribution in [0.15, 0.2) is 47.7 Å². The van der Waals surface area contributed by atoms with Gasteiger partial charge in [0.25, 0.3) is 5.56 Å². The predicted octanol–water partition coefficient (Wildman–Crippen LogP) is 1.01. The highest BCUT2D eigenvalue weighted by Crippen LogP contribution is 2.19. The van der Waals surface area contributed by atoms with Crippen LogP contribution in [0.3, 0.4) is 0 Å². The molecule has 1 fully saturated rings. The number of likely N-dealkylation sites (tertiary alicyclic amines) is 1. The number of aromatic nitrogens is 4. The largest absolute Gasteiger partial charge is 0.340 e. The lowest BCUT2D eigenvalue weighted by atomic mass is 9.97. The summed E-state index contributed by atoms with van der Waals surface area (Å²) < 4.78 is 2.81. The molecule has 1 atom stereocenters. The van der Waals surface area contributed by atoms with Gasteiger partial charge in [-0.2, -0.15) is 5.10 Å². The first-order chi connectivity index (χ1) is 14.0. The molecule has 150 valence electrons. The highest BCUT2D eigenvalue weighted by atomic mass is 16.2. The van der Waals surface area contributed by atoms with Crippen LogP contribution < -0.4 is 10.9 Å². The van der Waals surface area contributed by atoms with E-state index in [0.29, 0.717) is 24.1 Å². The molecule has 0 spiro atoms. The Hall–Kier alpha value is -3.49. The minimum atomic E-state index is -0.299. The fourth-order valence-corrected chi connectivity index (χ4v) is 3.61. The van der Waals surface area contributed by atoms with Gasteiger partial charge in [-0.15, -0.1) is 0 Å². The molecule has 1 aliphatic rings. The number of carbonyl (C=O) groups excluding carboxylic acids is 2. The van der Waals surface area contributed by atoms with Crippen molar-refractivity contribution < 1.29 is 9.59 Å². The Labute approximate surface area is 166 Å². The predicted molar refractivity (Wildman–Crippen MR) is 107 cm³/mol. The summed E-state index contributed by atoms with van der Waals surface area (Å²) in [5, 5.41) is 7.31. The molecule has 0 radical (unpaired) electrons. The minimum absolute atomic E-state index is 0.0932. The van der Waals surface area contributed by atoms with E-state index >= 15 is 0 Å². The van der Waals surface area contributed by atoms with Gasteiger partial charge >= 0.3 is 0 Å². The Kier molecular flexibility index (Phi) is 5.11. The third kappa shape index (κ3) is 3.89. The molecule has 1 aromatic carbocycles. The maximum absolute atomic E-state index is 12.8. The van der Waals surface area contributed by atoms with Crippen molar-refractivity contribution in [3.05, 3.63) is 53.2 Å². The molecule has 9 heteroatoms. The molecule has 0 saturated carbocycles. The number of fused-ring (bicyclic) bond motifs is 1. The standard InChI is InChI=1S/C20H22N6O3/c1-24-18-16(10-22-24)20(29)26(13-21-18)12-17(27)25-9-5-6-14(11-25)19(28)23-15-7-3-2-4-8-15/h2-4,7-8,10,13-14H,5-6,9,11-12H2,1H3,(H,23,28)/t14-/m1/s1. The van der Waals surface area contributed by atoms with Crippen molar-refractivity contribution in [2.45, 2.75) is 19.4 Å². The number of amides is 2. The summed E-state index contributed by atoms with van der Waals surface area (Å²) in [4.78, 5) is 43.8. The summed E-state index contributed by atoms with van der Waals surface area (Å²) in [5.74, 6) is -0.567. The number of piperidine rings is 1. The summed E-state index contributed by atoms with van der Waals surface area (Å²) in [5.41, 5.74) is 0.921. The topological polar surface area (TPSA) is 102 Å². The molecule has 3 aromatic rings. The number of hydrogen-bond acceptors (Lipinski definition) is 5. The van der Waals surface area contributed by atoms with Crippen LogP contribution >= 0.6 is 0 Å². The summed E-state index contributed by atoms with van der Waals surface area (Å²) in [6.07, 6.45) is 4.29. The highest BCUT2D eigenvalue weighted by molar-refractivity contribution is 5.93. The molecule has 0 aliphatic carbocycles. The number of nitrogens with one attached hydrogen (secondary N) is 1. The van der Waals surface area contributed by atoms with Crippen LogP contribution in [-0.2, 0) is 23.2 Å². The van der Waals surface area contributed by atoms with Gasteiger partial charge in [-0.25, -0.2) is 4.98 Å². The van der Waals surface area contributed by atoms with Crippen molar-refractivity contribution in [1.82, 2.24) is 24.2 Å². The van der Waals surface area contributed by atoms with E-state index < -0.39 is 0 Å². The molecule has 0 bridgehead atoms. The Morgan fingerprint density at radius 1 is 1.24 bits per heavy atom. The van der Waals surface area contributed by atoms with Crippen LogP contribution in [0, 0.1) is 5.92 Å². The van der Waals surface area contributed by atoms with E-state index in [4.69, 9.17) is 0 Å². The number of carbonyl (C=O) groups is 2. The number of benzene rings is 1. The van der Waals surface area contributed by atoms with Gasteiger partial charge in [-0.05, 0) is 25.0 Å². The first-order valence-corrected chi connectivity index (χ1v) is 9.54. The summed E-state index contributed by atoms with van der Waals surface area (Å²) >= 11 is 0. The van der Waals surface area contributed by atoms with Crippen molar-refractivity contribution in [1.29, 1.82) is 0 Å². The van der Waals surface area contributed by atoms with Crippen LogP contribution in [0.1, 0.15) is 12.8 Å². The fourth-order valence-electron chi connectivity index (χ4n) is 3.61. The smallest absolute Gasteiger partial charge is 0.264 e. The molecule has 2 aromatic heterocycles. The number of para-hydroxylation sites is 1. The number of hydrogen-bond donors (Lipinski definition) is 1. The summed E-state index contributed by atoms with van der Waals surface area (Å²) in [6.45, 7) is 0.809. The van der Waals surface area contributed by atoms with Crippen LogP contribution in [0.5, 0.6) is 0 Å². The van der Waals surface area contributed by atoms with Crippen LogP contribution in [0.4, 0.5) is 5.69 Å². The molecular formula is C20H22N6O3. The number of rotatable bonds is 4. The van der Waals surface area contributed by atoms with Crippen molar-refractivity contribution >= 4 is 28.5 Å². The average Bonchev–Trinajstić information content (AvgIpc) is 3.12. The third-order valence-electron chi connectivity index (χ3n) is 5.21. The number of anilines is 1. The molecule has 29 heavy (non-hydrogen) atoms. The van der Waals surface area contributed by atoms with Crippen LogP contribution in [0.25, 0.3) is 11.0 Å². The van der Waals surface area contributed by atoms with Crippen LogP contribution in [-0.4, -0.2) is 49.1 Å². The van der Waals surface area contributed by atoms with Gasteiger partial charge in [0.2, 0.25) is 11.8 Å². The van der Waals surface area contributed by atoms with E-state index in [-0.39, 0.29) is 29.8 Å². The lowest BCUT2D eigenvalue weighted by Gasteiger charge is -2.32. The molecule has 4 rings (SSSR count). The normalized spacial score (nSPS) is 16.7. The van der Waals surface area contributed by atoms with Gasteiger partial charge in [0.1, 0.15) is 18.3 Å². The quantitative estimate of drug-likeness (QED) is 0.711. The Balaban J connectivity index is 1.43. The Morgan fingerprint density at radius 3 is 2.83 bits per heavy atom. The second kappa shape index (κ2) is 7.86. The van der Waals surface area contributed by atoms with Gasteiger partial charge in [0, 0.05) is 25.8 Å². The summed E-state index contributed by atoms with van der Waals surface area (Å²) in [6, 6.07) is 9.26. The van der Waals surface area contributed by atoms with E-state index in [0.717, 1.165) is 18.5 Å². The zero-order valence-electron chi connectivity index (χ0n) is 16.1. The van der Waals surface area contributed by atoms with Gasteiger partial charge in [-0.1, -0.05) is 18.2 Å². The van der Waals surface area contributed by atoms with Crippen molar-refractivity contribution in [2.75, 3.05) is 18.4 Å². The maximum Gasteiger partial charge on any atom is 0.264 e. The van der Waals surface area contributed by atoms with E-state index in [1.165, 1.54) is 21.8 Å². The van der Waals surface area contributed by atoms with Gasteiger partial charge in [0.15, 0.2) is 5.65 Å². The second-order valence-corrected chi connectivity index (χ2v) is 7.22. The highest BCUT2D eigenvalue weighted by Gasteiger charge is 2.28.